The zero-order chi connectivity index (χ0) is 70.2. The summed E-state index contributed by atoms with van der Waals surface area (Å²) in [6.07, 6.45) is -0.0574. The predicted molar refractivity (Wildman–Crippen MR) is 383 cm³/mol. The molecule has 0 fully saturated rings. The Labute approximate surface area is 585 Å². The van der Waals surface area contributed by atoms with Gasteiger partial charge in [0, 0.05) is 28.6 Å². The summed E-state index contributed by atoms with van der Waals surface area (Å²) >= 11 is 8.82. The minimum Gasteiger partial charge on any atom is -0.543 e. The van der Waals surface area contributed by atoms with Crippen molar-refractivity contribution < 1.29 is 64.5 Å². The van der Waals surface area contributed by atoms with Crippen LogP contribution >= 0.6 is 22.9 Å². The quantitative estimate of drug-likeness (QED) is 0.0275. The van der Waals surface area contributed by atoms with Gasteiger partial charge in [0.25, 0.3) is 10.1 Å². The number of hydrogen-bond acceptors (Lipinski definition) is 17. The van der Waals surface area contributed by atoms with Crippen LogP contribution in [0.5, 0.6) is 40.4 Å². The Kier molecular flexibility index (Phi) is 21.5. The Morgan fingerprint density at radius 3 is 1.96 bits per heavy atom. The molecule has 3 heterocycles. The zero-order valence-electron chi connectivity index (χ0n) is 56.2. The fourth-order valence-electron chi connectivity index (χ4n) is 11.1. The van der Waals surface area contributed by atoms with Gasteiger partial charge in [-0.15, -0.1) is 11.3 Å². The number of nitrogens with zero attached hydrogens (tertiary/aromatic N) is 4. The van der Waals surface area contributed by atoms with Crippen LogP contribution in [-0.4, -0.2) is 94.5 Å². The number of carbonyl (C=O) groups is 1. The summed E-state index contributed by atoms with van der Waals surface area (Å²) in [7, 11) is -2.05. The molecule has 0 saturated carbocycles. The SMILES string of the molecule is COc1ccc(C(OCC(COS(=O)(=O)c2ccc(C)cc2)Oc2ccc(-c3c(-c4ccc(F)cc4)sc4ncnc(OC(Cc5cc(O[Si](C)(C)C(C)(C)C)ccc5OCc5ccnc(-c6ccccc6OC)n5)C(=O)O)c34)c(C)c2Cl)(c2ccccc2)c2ccc(OC)cc2)cc1. The Morgan fingerprint density at radius 1 is 0.677 bits per heavy atom. The van der Waals surface area contributed by atoms with Crippen LogP contribution in [0.15, 0.2) is 205 Å². The Hall–Kier alpha value is -9.74. The highest BCUT2D eigenvalue weighted by molar-refractivity contribution is 7.86. The van der Waals surface area contributed by atoms with E-state index in [2.05, 4.69) is 43.8 Å². The second kappa shape index (κ2) is 30.2. The molecule has 11 aromatic rings. The van der Waals surface area contributed by atoms with Crippen LogP contribution in [0.1, 0.15) is 59.8 Å². The van der Waals surface area contributed by atoms with E-state index in [1.165, 1.54) is 41.9 Å². The molecule has 2 atom stereocenters. The molecule has 0 aliphatic carbocycles. The van der Waals surface area contributed by atoms with Crippen molar-refractivity contribution in [1.29, 1.82) is 0 Å². The van der Waals surface area contributed by atoms with E-state index in [0.29, 0.717) is 99.9 Å². The van der Waals surface area contributed by atoms with Gasteiger partial charge in [0.1, 0.15) is 76.4 Å². The maximum atomic E-state index is 14.8. The number of ether oxygens (including phenoxy) is 7. The van der Waals surface area contributed by atoms with Crippen molar-refractivity contribution in [2.75, 3.05) is 34.5 Å². The zero-order valence-corrected chi connectivity index (χ0v) is 59.6. The monoisotopic (exact) mass is 1410 g/mol. The molecular weight excluding hydrogens is 1340 g/mol. The second-order valence-electron chi connectivity index (χ2n) is 25.0. The summed E-state index contributed by atoms with van der Waals surface area (Å²) in [4.78, 5) is 33.4. The molecule has 510 valence electrons. The fraction of sp³-hybridized carbons (Fsp3) is 0.234. The van der Waals surface area contributed by atoms with Crippen molar-refractivity contribution in [2.24, 2.45) is 0 Å². The lowest BCUT2D eigenvalue weighted by molar-refractivity contribution is -0.145. The number of hydrogen-bond donors (Lipinski definition) is 1. The number of carboxylic acid groups (broad SMARTS) is 1. The minimum atomic E-state index is -4.37. The molecule has 0 spiro atoms. The molecule has 8 aromatic carbocycles. The molecule has 0 radical (unpaired) electrons. The molecule has 11 rings (SSSR count). The number of thiophene rings is 1. The van der Waals surface area contributed by atoms with Gasteiger partial charge in [-0.1, -0.05) is 135 Å². The lowest BCUT2D eigenvalue weighted by Crippen LogP contribution is -2.43. The van der Waals surface area contributed by atoms with E-state index in [-0.39, 0.29) is 46.2 Å². The maximum Gasteiger partial charge on any atom is 0.345 e. The van der Waals surface area contributed by atoms with Crippen LogP contribution in [0.4, 0.5) is 4.39 Å². The van der Waals surface area contributed by atoms with Gasteiger partial charge in [0.05, 0.1) is 54.5 Å². The molecular formula is C77H74ClFN4O13S2Si. The molecule has 1 N–H and O–H groups in total. The van der Waals surface area contributed by atoms with E-state index in [0.717, 1.165) is 11.1 Å². The molecule has 2 unspecified atom stereocenters. The number of aliphatic carboxylic acids is 1. The first kappa shape index (κ1) is 70.6. The second-order valence-corrected chi connectivity index (χ2v) is 32.7. The summed E-state index contributed by atoms with van der Waals surface area (Å²) in [5.41, 5.74) is 5.47. The predicted octanol–water partition coefficient (Wildman–Crippen LogP) is 17.1. The van der Waals surface area contributed by atoms with Gasteiger partial charge in [-0.05, 0) is 156 Å². The first-order valence-electron chi connectivity index (χ1n) is 31.7. The smallest absolute Gasteiger partial charge is 0.345 e. The number of benzene rings is 8. The molecule has 0 aliphatic rings. The molecule has 22 heteroatoms. The first-order chi connectivity index (χ1) is 47.5. The molecule has 17 nitrogen and oxygen atoms in total. The standard InChI is InChI=1S/C77H74ClFN4O13S2Si/c1-48-20-35-61(36-21-48)98(86,87)93-46-60(45-92-77(52-16-12-11-13-17-52,53-24-30-57(88-6)31-25-53)54-26-32-58(89-7)33-27-54)94-66-39-37-62(49(2)70(66)78)68-69-73(81-47-82-74(69)97-71(68)50-22-28-55(79)29-23-50)95-67(75(84)85)43-51-42-59(96-99(9,10)76(3,4)5)34-38-64(51)91-44-56-40-41-80-72(83-56)63-18-14-15-19-65(63)90-8/h11-42,47,60,67H,43-46H2,1-10H3,(H,84,85). The lowest BCUT2D eigenvalue weighted by Gasteiger charge is -2.37. The highest BCUT2D eigenvalue weighted by atomic mass is 35.5. The van der Waals surface area contributed by atoms with Gasteiger partial charge in [-0.25, -0.2) is 29.1 Å². The number of methoxy groups -OCH3 is 3. The number of para-hydroxylation sites is 1. The molecule has 99 heavy (non-hydrogen) atoms. The summed E-state index contributed by atoms with van der Waals surface area (Å²) < 4.78 is 99.8. The van der Waals surface area contributed by atoms with Crippen molar-refractivity contribution in [3.8, 4) is 73.3 Å². The van der Waals surface area contributed by atoms with Crippen molar-refractivity contribution in [3.05, 3.63) is 250 Å². The third-order valence-corrected chi connectivity index (χ3v) is 24.7. The van der Waals surface area contributed by atoms with Gasteiger partial charge in [0.15, 0.2) is 5.82 Å². The Bertz CT molecular complexity index is 4730. The third kappa shape index (κ3) is 15.7. The van der Waals surface area contributed by atoms with Gasteiger partial charge < -0.3 is 42.7 Å². The molecule has 3 aromatic heterocycles. The van der Waals surface area contributed by atoms with Gasteiger partial charge in [-0.2, -0.15) is 8.42 Å². The van der Waals surface area contributed by atoms with E-state index in [9.17, 15) is 22.7 Å². The van der Waals surface area contributed by atoms with Crippen molar-refractivity contribution >= 4 is 57.6 Å². The van der Waals surface area contributed by atoms with E-state index >= 15 is 0 Å². The van der Waals surface area contributed by atoms with E-state index < -0.39 is 54.6 Å². The van der Waals surface area contributed by atoms with Gasteiger partial charge in [0.2, 0.25) is 20.3 Å². The first-order valence-corrected chi connectivity index (χ1v) is 37.2. The van der Waals surface area contributed by atoms with Crippen LogP contribution in [-0.2, 0) is 42.5 Å². The summed E-state index contributed by atoms with van der Waals surface area (Å²) in [6.45, 7) is 13.5. The summed E-state index contributed by atoms with van der Waals surface area (Å²) in [5.74, 6) is 1.45. The fourth-order valence-corrected chi connectivity index (χ4v) is 14.4. The number of rotatable bonds is 28. The van der Waals surface area contributed by atoms with Crippen LogP contribution < -0.4 is 32.8 Å². The number of fused-ring (bicyclic) bond motifs is 1. The number of carboxylic acids is 1. The van der Waals surface area contributed by atoms with Crippen molar-refractivity contribution in [2.45, 2.75) is 88.5 Å². The maximum absolute atomic E-state index is 14.8. The average molecular weight is 1410 g/mol. The minimum absolute atomic E-state index is 0.0102. The molecule has 0 saturated heterocycles. The van der Waals surface area contributed by atoms with Gasteiger partial charge in [-0.3, -0.25) is 4.18 Å². The Morgan fingerprint density at radius 2 is 1.31 bits per heavy atom. The topological polar surface area (TPSA) is 206 Å². The van der Waals surface area contributed by atoms with Crippen LogP contribution in [0.25, 0.3) is 43.2 Å². The van der Waals surface area contributed by atoms with E-state index in [1.807, 2.05) is 116 Å². The molecule has 0 amide bonds. The van der Waals surface area contributed by atoms with E-state index in [1.54, 1.807) is 89.0 Å². The largest absolute Gasteiger partial charge is 0.543 e. The summed E-state index contributed by atoms with van der Waals surface area (Å²) in [6, 6.07) is 54.8. The normalized spacial score (nSPS) is 12.6. The average Bonchev–Trinajstić information content (AvgIpc) is 1.71. The van der Waals surface area contributed by atoms with Gasteiger partial charge >= 0.3 is 5.97 Å². The van der Waals surface area contributed by atoms with Crippen molar-refractivity contribution in [3.63, 3.8) is 0 Å². The number of halogens is 2. The number of aromatic nitrogens is 4. The van der Waals surface area contributed by atoms with Crippen LogP contribution in [0.2, 0.25) is 23.2 Å². The summed E-state index contributed by atoms with van der Waals surface area (Å²) in [5, 5.41) is 11.5. The number of aryl methyl sites for hydroxylation is 1. The van der Waals surface area contributed by atoms with Crippen LogP contribution in [0.3, 0.4) is 0 Å². The molecule has 0 aliphatic heterocycles. The van der Waals surface area contributed by atoms with E-state index in [4.69, 9.17) is 63.3 Å². The Balaban J connectivity index is 0.976. The van der Waals surface area contributed by atoms with Crippen molar-refractivity contribution in [1.82, 2.24) is 19.9 Å². The highest BCUT2D eigenvalue weighted by Crippen LogP contribution is 2.51. The van der Waals surface area contributed by atoms with Crippen LogP contribution in [0, 0.1) is 19.7 Å². The highest BCUT2D eigenvalue weighted by Gasteiger charge is 2.41. The molecule has 0 bridgehead atoms. The third-order valence-electron chi connectivity index (χ3n) is 17.4. The lowest BCUT2D eigenvalue weighted by atomic mass is 9.80.